The van der Waals surface area contributed by atoms with Crippen LogP contribution in [0, 0.1) is 0 Å². The molecule has 0 atom stereocenters. The van der Waals surface area contributed by atoms with Crippen molar-refractivity contribution in [1.29, 1.82) is 0 Å². The monoisotopic (exact) mass is 260 g/mol. The molecule has 1 rings (SSSR count). The van der Waals surface area contributed by atoms with E-state index in [9.17, 15) is 0 Å². The minimum absolute atomic E-state index is 0.0232. The maximum absolute atomic E-state index is 9.05. The van der Waals surface area contributed by atoms with Crippen molar-refractivity contribution in [2.75, 3.05) is 13.7 Å². The molecule has 0 aliphatic rings. The standard InChI is InChI=1S/C10H13BrO3/c1-3-14-10-4-7(6-12)8(11)5-9(10)13-2/h4-5,12H,3,6H2,1-2H3. The van der Waals surface area contributed by atoms with Crippen molar-refractivity contribution in [2.45, 2.75) is 13.5 Å². The third-order valence-electron chi connectivity index (χ3n) is 1.80. The lowest BCUT2D eigenvalue weighted by Gasteiger charge is -2.11. The molecule has 1 N–H and O–H groups in total. The number of ether oxygens (including phenoxy) is 2. The molecule has 0 saturated carbocycles. The summed E-state index contributed by atoms with van der Waals surface area (Å²) in [7, 11) is 1.59. The molecule has 0 unspecified atom stereocenters. The zero-order valence-corrected chi connectivity index (χ0v) is 9.80. The minimum atomic E-state index is -0.0232. The van der Waals surface area contributed by atoms with Gasteiger partial charge < -0.3 is 14.6 Å². The molecule has 4 heteroatoms. The quantitative estimate of drug-likeness (QED) is 0.904. The Bertz CT molecular complexity index is 312. The second kappa shape index (κ2) is 5.22. The molecule has 0 aromatic heterocycles. The van der Waals surface area contributed by atoms with Gasteiger partial charge in [0, 0.05) is 4.47 Å². The van der Waals surface area contributed by atoms with Crippen molar-refractivity contribution >= 4 is 15.9 Å². The molecule has 0 aliphatic carbocycles. The summed E-state index contributed by atoms with van der Waals surface area (Å²) in [6.07, 6.45) is 0. The fourth-order valence-electron chi connectivity index (χ4n) is 1.13. The first-order valence-electron chi connectivity index (χ1n) is 4.33. The molecule has 14 heavy (non-hydrogen) atoms. The van der Waals surface area contributed by atoms with Crippen LogP contribution in [0.15, 0.2) is 16.6 Å². The molecule has 0 bridgehead atoms. The number of benzene rings is 1. The summed E-state index contributed by atoms with van der Waals surface area (Å²) < 4.78 is 11.3. The average molecular weight is 261 g/mol. The van der Waals surface area contributed by atoms with E-state index in [2.05, 4.69) is 15.9 Å². The van der Waals surface area contributed by atoms with E-state index in [4.69, 9.17) is 14.6 Å². The van der Waals surface area contributed by atoms with Crippen molar-refractivity contribution in [2.24, 2.45) is 0 Å². The van der Waals surface area contributed by atoms with E-state index in [1.54, 1.807) is 19.2 Å². The second-order valence-corrected chi connectivity index (χ2v) is 3.54. The summed E-state index contributed by atoms with van der Waals surface area (Å²) in [5.74, 6) is 1.32. The van der Waals surface area contributed by atoms with Gasteiger partial charge in [0.1, 0.15) is 0 Å². The van der Waals surface area contributed by atoms with Crippen LogP contribution < -0.4 is 9.47 Å². The van der Waals surface area contributed by atoms with Crippen molar-refractivity contribution < 1.29 is 14.6 Å². The third kappa shape index (κ3) is 2.39. The number of hydrogen-bond acceptors (Lipinski definition) is 3. The Labute approximate surface area is 91.8 Å². The Kier molecular flexibility index (Phi) is 4.22. The van der Waals surface area contributed by atoms with Gasteiger partial charge in [0.05, 0.1) is 20.3 Å². The average Bonchev–Trinajstić information content (AvgIpc) is 2.20. The van der Waals surface area contributed by atoms with Crippen LogP contribution in [0.5, 0.6) is 11.5 Å². The number of methoxy groups -OCH3 is 1. The number of rotatable bonds is 4. The van der Waals surface area contributed by atoms with Gasteiger partial charge in [-0.15, -0.1) is 0 Å². The number of aliphatic hydroxyl groups excluding tert-OH is 1. The lowest BCUT2D eigenvalue weighted by molar-refractivity contribution is 0.277. The Morgan fingerprint density at radius 3 is 2.57 bits per heavy atom. The van der Waals surface area contributed by atoms with Gasteiger partial charge in [-0.3, -0.25) is 0 Å². The van der Waals surface area contributed by atoms with Crippen molar-refractivity contribution in [1.82, 2.24) is 0 Å². The highest BCUT2D eigenvalue weighted by Gasteiger charge is 2.08. The van der Waals surface area contributed by atoms with E-state index in [1.165, 1.54) is 0 Å². The van der Waals surface area contributed by atoms with Crippen molar-refractivity contribution in [3.63, 3.8) is 0 Å². The molecule has 0 radical (unpaired) electrons. The molecule has 3 nitrogen and oxygen atoms in total. The van der Waals surface area contributed by atoms with Crippen LogP contribution in [0.3, 0.4) is 0 Å². The van der Waals surface area contributed by atoms with Crippen molar-refractivity contribution in [3.05, 3.63) is 22.2 Å². The first-order valence-corrected chi connectivity index (χ1v) is 5.12. The largest absolute Gasteiger partial charge is 0.493 e. The zero-order valence-electron chi connectivity index (χ0n) is 8.21. The number of aliphatic hydroxyl groups is 1. The minimum Gasteiger partial charge on any atom is -0.493 e. The van der Waals surface area contributed by atoms with Crippen LogP contribution in [0.4, 0.5) is 0 Å². The highest BCUT2D eigenvalue weighted by Crippen LogP contribution is 2.33. The van der Waals surface area contributed by atoms with E-state index >= 15 is 0 Å². The fraction of sp³-hybridized carbons (Fsp3) is 0.400. The van der Waals surface area contributed by atoms with Crippen LogP contribution in [0.1, 0.15) is 12.5 Å². The lowest BCUT2D eigenvalue weighted by Crippen LogP contribution is -1.97. The van der Waals surface area contributed by atoms with E-state index in [0.29, 0.717) is 18.1 Å². The molecule has 1 aromatic carbocycles. The SMILES string of the molecule is CCOc1cc(CO)c(Br)cc1OC. The van der Waals surface area contributed by atoms with E-state index < -0.39 is 0 Å². The smallest absolute Gasteiger partial charge is 0.161 e. The Morgan fingerprint density at radius 1 is 1.36 bits per heavy atom. The highest BCUT2D eigenvalue weighted by atomic mass is 79.9. The summed E-state index contributed by atoms with van der Waals surface area (Å²) in [5, 5.41) is 9.05. The number of halogens is 1. The van der Waals surface area contributed by atoms with E-state index in [0.717, 1.165) is 10.0 Å². The fourth-order valence-corrected chi connectivity index (χ4v) is 1.57. The Morgan fingerprint density at radius 2 is 2.07 bits per heavy atom. The predicted molar refractivity (Wildman–Crippen MR) is 57.8 cm³/mol. The summed E-state index contributed by atoms with van der Waals surface area (Å²) in [5.41, 5.74) is 0.786. The van der Waals surface area contributed by atoms with Gasteiger partial charge in [-0.25, -0.2) is 0 Å². The summed E-state index contributed by atoms with van der Waals surface area (Å²) >= 11 is 3.34. The Hall–Kier alpha value is -0.740. The molecule has 0 heterocycles. The van der Waals surface area contributed by atoms with Gasteiger partial charge in [-0.05, 0) is 24.6 Å². The summed E-state index contributed by atoms with van der Waals surface area (Å²) in [6, 6.07) is 3.56. The summed E-state index contributed by atoms with van der Waals surface area (Å²) in [4.78, 5) is 0. The molecule has 0 aliphatic heterocycles. The normalized spacial score (nSPS) is 10.0. The van der Waals surface area contributed by atoms with Gasteiger partial charge in [0.15, 0.2) is 11.5 Å². The van der Waals surface area contributed by atoms with Crippen LogP contribution in [-0.2, 0) is 6.61 Å². The van der Waals surface area contributed by atoms with Gasteiger partial charge >= 0.3 is 0 Å². The maximum atomic E-state index is 9.05. The van der Waals surface area contributed by atoms with E-state index in [-0.39, 0.29) is 6.61 Å². The molecule has 0 amide bonds. The third-order valence-corrected chi connectivity index (χ3v) is 2.54. The van der Waals surface area contributed by atoms with Crippen molar-refractivity contribution in [3.8, 4) is 11.5 Å². The van der Waals surface area contributed by atoms with Crippen LogP contribution >= 0.6 is 15.9 Å². The Balaban J connectivity index is 3.11. The lowest BCUT2D eigenvalue weighted by atomic mass is 10.2. The molecular formula is C10H13BrO3. The predicted octanol–water partition coefficient (Wildman–Crippen LogP) is 2.35. The highest BCUT2D eigenvalue weighted by molar-refractivity contribution is 9.10. The number of hydrogen-bond donors (Lipinski definition) is 1. The molecule has 0 spiro atoms. The topological polar surface area (TPSA) is 38.7 Å². The first kappa shape index (κ1) is 11.3. The van der Waals surface area contributed by atoms with Gasteiger partial charge in [-0.1, -0.05) is 15.9 Å². The molecule has 1 aromatic rings. The first-order chi connectivity index (χ1) is 6.72. The van der Waals surface area contributed by atoms with Gasteiger partial charge in [-0.2, -0.15) is 0 Å². The molecule has 0 fully saturated rings. The van der Waals surface area contributed by atoms with Gasteiger partial charge in [0.25, 0.3) is 0 Å². The van der Waals surface area contributed by atoms with Crippen LogP contribution in [0.25, 0.3) is 0 Å². The van der Waals surface area contributed by atoms with Crippen LogP contribution in [-0.4, -0.2) is 18.8 Å². The van der Waals surface area contributed by atoms with Crippen LogP contribution in [0.2, 0.25) is 0 Å². The summed E-state index contributed by atoms with van der Waals surface area (Å²) in [6.45, 7) is 2.45. The second-order valence-electron chi connectivity index (χ2n) is 2.69. The van der Waals surface area contributed by atoms with Gasteiger partial charge in [0.2, 0.25) is 0 Å². The molecular weight excluding hydrogens is 248 g/mol. The maximum Gasteiger partial charge on any atom is 0.161 e. The zero-order chi connectivity index (χ0) is 10.6. The molecule has 78 valence electrons. The van der Waals surface area contributed by atoms with E-state index in [1.807, 2.05) is 6.92 Å². The molecule has 0 saturated heterocycles.